The Labute approximate surface area is 128 Å². The lowest BCUT2D eigenvalue weighted by Crippen LogP contribution is -2.34. The van der Waals surface area contributed by atoms with Gasteiger partial charge in [-0.05, 0) is 30.7 Å². The summed E-state index contributed by atoms with van der Waals surface area (Å²) in [6, 6.07) is 6.62. The predicted octanol–water partition coefficient (Wildman–Crippen LogP) is 2.03. The van der Waals surface area contributed by atoms with Crippen LogP contribution < -0.4 is 10.5 Å². The average molecular weight is 310 g/mol. The standard InChI is InChI=1S/C16H20F2N2O2/c17-16(18)22-14-4-2-1-3-10(14)7-15(21)20-8-11-5-6-13(19)12(11)9-20/h1-4,11-13,16H,5-9,19H2. The maximum Gasteiger partial charge on any atom is 0.387 e. The number of halogens is 2. The Balaban J connectivity index is 1.65. The number of amides is 1. The van der Waals surface area contributed by atoms with Crippen molar-refractivity contribution in [3.63, 3.8) is 0 Å². The van der Waals surface area contributed by atoms with Crippen LogP contribution in [0.25, 0.3) is 0 Å². The van der Waals surface area contributed by atoms with Crippen LogP contribution in [0.4, 0.5) is 8.78 Å². The van der Waals surface area contributed by atoms with Gasteiger partial charge >= 0.3 is 6.61 Å². The van der Waals surface area contributed by atoms with Crippen LogP contribution in [0.5, 0.6) is 5.75 Å². The van der Waals surface area contributed by atoms with Gasteiger partial charge in [-0.3, -0.25) is 4.79 Å². The van der Waals surface area contributed by atoms with E-state index in [0.29, 0.717) is 23.9 Å². The number of nitrogens with zero attached hydrogens (tertiary/aromatic N) is 1. The van der Waals surface area contributed by atoms with Crippen LogP contribution in [-0.4, -0.2) is 36.5 Å². The van der Waals surface area contributed by atoms with Gasteiger partial charge in [-0.15, -0.1) is 0 Å². The first-order chi connectivity index (χ1) is 10.5. The van der Waals surface area contributed by atoms with Crippen molar-refractivity contribution in [2.75, 3.05) is 13.1 Å². The molecule has 1 aromatic rings. The molecule has 0 aromatic heterocycles. The number of likely N-dealkylation sites (tertiary alicyclic amines) is 1. The van der Waals surface area contributed by atoms with Gasteiger partial charge in [0.25, 0.3) is 0 Å². The molecule has 22 heavy (non-hydrogen) atoms. The molecule has 6 heteroatoms. The highest BCUT2D eigenvalue weighted by molar-refractivity contribution is 5.79. The Bertz CT molecular complexity index is 553. The normalized spacial score (nSPS) is 27.3. The highest BCUT2D eigenvalue weighted by atomic mass is 19.3. The van der Waals surface area contributed by atoms with Gasteiger partial charge in [0.1, 0.15) is 5.75 Å². The van der Waals surface area contributed by atoms with Crippen LogP contribution in [0, 0.1) is 11.8 Å². The molecule has 1 saturated carbocycles. The Morgan fingerprint density at radius 2 is 2.09 bits per heavy atom. The number of ether oxygens (including phenoxy) is 1. The fraction of sp³-hybridized carbons (Fsp3) is 0.562. The van der Waals surface area contributed by atoms with Crippen LogP contribution in [0.3, 0.4) is 0 Å². The van der Waals surface area contributed by atoms with Crippen molar-refractivity contribution < 1.29 is 18.3 Å². The molecular weight excluding hydrogens is 290 g/mol. The van der Waals surface area contributed by atoms with Gasteiger partial charge < -0.3 is 15.4 Å². The Morgan fingerprint density at radius 3 is 2.82 bits per heavy atom. The van der Waals surface area contributed by atoms with Crippen LogP contribution >= 0.6 is 0 Å². The van der Waals surface area contributed by atoms with Gasteiger partial charge in [-0.25, -0.2) is 0 Å². The molecule has 2 aliphatic rings. The summed E-state index contributed by atoms with van der Waals surface area (Å²) in [5, 5.41) is 0. The number of fused-ring (bicyclic) bond motifs is 1. The Kier molecular flexibility index (Phi) is 4.29. The zero-order valence-corrected chi connectivity index (χ0v) is 12.3. The van der Waals surface area contributed by atoms with Crippen LogP contribution in [0.2, 0.25) is 0 Å². The van der Waals surface area contributed by atoms with E-state index in [0.717, 1.165) is 19.4 Å². The first-order valence-electron chi connectivity index (χ1n) is 7.60. The molecule has 1 aromatic carbocycles. The minimum atomic E-state index is -2.89. The Hall–Kier alpha value is -1.69. The van der Waals surface area contributed by atoms with Crippen molar-refractivity contribution in [1.29, 1.82) is 0 Å². The van der Waals surface area contributed by atoms with Crippen LogP contribution in [0.15, 0.2) is 24.3 Å². The lowest BCUT2D eigenvalue weighted by molar-refractivity contribution is -0.129. The summed E-state index contributed by atoms with van der Waals surface area (Å²) >= 11 is 0. The highest BCUT2D eigenvalue weighted by Gasteiger charge is 2.42. The molecule has 0 radical (unpaired) electrons. The number of carbonyl (C=O) groups is 1. The molecule has 2 N–H and O–H groups in total. The second-order valence-corrected chi connectivity index (χ2v) is 6.13. The lowest BCUT2D eigenvalue weighted by atomic mass is 9.98. The molecule has 1 amide bonds. The van der Waals surface area contributed by atoms with E-state index >= 15 is 0 Å². The van der Waals surface area contributed by atoms with E-state index in [1.54, 1.807) is 18.2 Å². The monoisotopic (exact) mass is 310 g/mol. The smallest absolute Gasteiger partial charge is 0.387 e. The van der Waals surface area contributed by atoms with E-state index in [4.69, 9.17) is 5.73 Å². The third kappa shape index (κ3) is 3.06. The zero-order chi connectivity index (χ0) is 15.7. The predicted molar refractivity (Wildman–Crippen MR) is 77.5 cm³/mol. The topological polar surface area (TPSA) is 55.6 Å². The molecule has 3 rings (SSSR count). The summed E-state index contributed by atoms with van der Waals surface area (Å²) in [5.41, 5.74) is 6.57. The van der Waals surface area contributed by atoms with Crippen molar-refractivity contribution in [3.05, 3.63) is 29.8 Å². The maximum absolute atomic E-state index is 12.4. The van der Waals surface area contributed by atoms with E-state index in [2.05, 4.69) is 4.74 Å². The summed E-state index contributed by atoms with van der Waals surface area (Å²) in [4.78, 5) is 14.2. The molecule has 0 bridgehead atoms. The average Bonchev–Trinajstić information content (AvgIpc) is 3.03. The summed E-state index contributed by atoms with van der Waals surface area (Å²) in [6.45, 7) is -1.47. The van der Waals surface area contributed by atoms with Crippen molar-refractivity contribution in [2.45, 2.75) is 31.9 Å². The van der Waals surface area contributed by atoms with E-state index in [1.165, 1.54) is 6.07 Å². The number of benzene rings is 1. The Morgan fingerprint density at radius 1 is 1.32 bits per heavy atom. The number of carbonyl (C=O) groups excluding carboxylic acids is 1. The quantitative estimate of drug-likeness (QED) is 0.926. The molecule has 1 heterocycles. The minimum Gasteiger partial charge on any atom is -0.435 e. The summed E-state index contributed by atoms with van der Waals surface area (Å²) in [5.74, 6) is 0.900. The fourth-order valence-corrected chi connectivity index (χ4v) is 3.65. The van der Waals surface area contributed by atoms with Gasteiger partial charge in [-0.2, -0.15) is 8.78 Å². The van der Waals surface area contributed by atoms with Crippen LogP contribution in [0.1, 0.15) is 18.4 Å². The van der Waals surface area contributed by atoms with E-state index in [9.17, 15) is 13.6 Å². The molecule has 4 nitrogen and oxygen atoms in total. The summed E-state index contributed by atoms with van der Waals surface area (Å²) in [7, 11) is 0. The fourth-order valence-electron chi connectivity index (χ4n) is 3.65. The van der Waals surface area contributed by atoms with Crippen molar-refractivity contribution in [3.8, 4) is 5.75 Å². The SMILES string of the molecule is NC1CCC2CN(C(=O)Cc3ccccc3OC(F)F)CC12. The van der Waals surface area contributed by atoms with Crippen molar-refractivity contribution >= 4 is 5.91 Å². The van der Waals surface area contributed by atoms with Crippen molar-refractivity contribution in [1.82, 2.24) is 4.90 Å². The number of alkyl halides is 2. The van der Waals surface area contributed by atoms with E-state index in [1.807, 2.05) is 4.90 Å². The molecule has 1 aliphatic carbocycles. The molecule has 1 saturated heterocycles. The number of para-hydroxylation sites is 1. The number of nitrogens with two attached hydrogens (primary N) is 1. The second-order valence-electron chi connectivity index (χ2n) is 6.13. The van der Waals surface area contributed by atoms with E-state index < -0.39 is 6.61 Å². The zero-order valence-electron chi connectivity index (χ0n) is 12.3. The third-order valence-corrected chi connectivity index (χ3v) is 4.80. The van der Waals surface area contributed by atoms with Gasteiger partial charge in [-0.1, -0.05) is 18.2 Å². The van der Waals surface area contributed by atoms with Crippen LogP contribution in [-0.2, 0) is 11.2 Å². The third-order valence-electron chi connectivity index (χ3n) is 4.80. The molecule has 2 fully saturated rings. The first kappa shape index (κ1) is 15.2. The highest BCUT2D eigenvalue weighted by Crippen LogP contribution is 2.37. The maximum atomic E-state index is 12.4. The van der Waals surface area contributed by atoms with Gasteiger partial charge in [0.2, 0.25) is 5.91 Å². The largest absolute Gasteiger partial charge is 0.435 e. The number of rotatable bonds is 4. The lowest BCUT2D eigenvalue weighted by Gasteiger charge is -2.19. The number of hydrogen-bond donors (Lipinski definition) is 1. The first-order valence-corrected chi connectivity index (χ1v) is 7.60. The number of hydrogen-bond acceptors (Lipinski definition) is 3. The molecule has 0 spiro atoms. The second kappa shape index (κ2) is 6.20. The van der Waals surface area contributed by atoms with Gasteiger partial charge in [0, 0.05) is 24.7 Å². The van der Waals surface area contributed by atoms with Gasteiger partial charge in [0.15, 0.2) is 0 Å². The molecule has 3 atom stereocenters. The molecular formula is C16H20F2N2O2. The molecule has 1 aliphatic heterocycles. The van der Waals surface area contributed by atoms with Gasteiger partial charge in [0.05, 0.1) is 6.42 Å². The molecule has 120 valence electrons. The van der Waals surface area contributed by atoms with E-state index in [-0.39, 0.29) is 24.1 Å². The molecule has 3 unspecified atom stereocenters. The van der Waals surface area contributed by atoms with Crippen molar-refractivity contribution in [2.24, 2.45) is 17.6 Å². The summed E-state index contributed by atoms with van der Waals surface area (Å²) in [6.07, 6.45) is 2.18. The summed E-state index contributed by atoms with van der Waals surface area (Å²) < 4.78 is 29.3. The minimum absolute atomic E-state index is 0.0492.